The second-order valence-corrected chi connectivity index (χ2v) is 22.1. The molecule has 2 atom stereocenters. The van der Waals surface area contributed by atoms with Crippen molar-refractivity contribution in [2.75, 3.05) is 13.2 Å². The van der Waals surface area contributed by atoms with E-state index in [0.29, 0.717) is 25.9 Å². The van der Waals surface area contributed by atoms with Gasteiger partial charge in [0.25, 0.3) is 0 Å². The lowest BCUT2D eigenvalue weighted by molar-refractivity contribution is -0.143. The molecular formula is C64H125NO5. The van der Waals surface area contributed by atoms with Crippen molar-refractivity contribution in [3.8, 4) is 0 Å². The molecule has 0 bridgehead atoms. The minimum absolute atomic E-state index is 0.0172. The molecule has 0 aliphatic rings. The van der Waals surface area contributed by atoms with Gasteiger partial charge in [0, 0.05) is 12.8 Å². The van der Waals surface area contributed by atoms with Gasteiger partial charge in [-0.2, -0.15) is 0 Å². The third kappa shape index (κ3) is 55.9. The molecule has 2 unspecified atom stereocenters. The monoisotopic (exact) mass is 988 g/mol. The fourth-order valence-electron chi connectivity index (χ4n) is 10.2. The molecular weight excluding hydrogens is 863 g/mol. The van der Waals surface area contributed by atoms with Crippen LogP contribution in [0.15, 0.2) is 12.2 Å². The molecule has 0 saturated heterocycles. The number of nitrogens with one attached hydrogen (secondary N) is 1. The number of hydrogen-bond donors (Lipinski definition) is 3. The maximum Gasteiger partial charge on any atom is 0.305 e. The maximum absolute atomic E-state index is 12.5. The quantitative estimate of drug-likeness (QED) is 0.0321. The predicted molar refractivity (Wildman–Crippen MR) is 306 cm³/mol. The van der Waals surface area contributed by atoms with Crippen LogP contribution in [0.4, 0.5) is 0 Å². The number of ether oxygens (including phenoxy) is 1. The van der Waals surface area contributed by atoms with Crippen molar-refractivity contribution in [2.24, 2.45) is 0 Å². The molecule has 0 rings (SSSR count). The van der Waals surface area contributed by atoms with Crippen molar-refractivity contribution < 1.29 is 24.5 Å². The Morgan fingerprint density at radius 1 is 0.386 bits per heavy atom. The molecule has 0 aromatic carbocycles. The maximum atomic E-state index is 12.5. The second kappa shape index (κ2) is 60.2. The van der Waals surface area contributed by atoms with Gasteiger partial charge in [0.2, 0.25) is 5.91 Å². The highest BCUT2D eigenvalue weighted by Crippen LogP contribution is 2.18. The molecule has 1 amide bonds. The van der Waals surface area contributed by atoms with Gasteiger partial charge in [-0.15, -0.1) is 0 Å². The Balaban J connectivity index is 3.36. The molecule has 0 spiro atoms. The molecule has 6 heteroatoms. The molecule has 3 N–H and O–H groups in total. The Labute approximate surface area is 438 Å². The van der Waals surface area contributed by atoms with Gasteiger partial charge < -0.3 is 20.3 Å². The van der Waals surface area contributed by atoms with E-state index < -0.39 is 12.1 Å². The van der Waals surface area contributed by atoms with Gasteiger partial charge in [0.05, 0.1) is 25.4 Å². The first kappa shape index (κ1) is 68.6. The molecule has 0 saturated carbocycles. The lowest BCUT2D eigenvalue weighted by Crippen LogP contribution is -2.45. The van der Waals surface area contributed by atoms with Crippen molar-refractivity contribution in [3.63, 3.8) is 0 Å². The van der Waals surface area contributed by atoms with E-state index in [1.54, 1.807) is 0 Å². The zero-order valence-corrected chi connectivity index (χ0v) is 47.5. The fraction of sp³-hybridized carbons (Fsp3) is 0.938. The molecule has 0 radical (unpaired) electrons. The van der Waals surface area contributed by atoms with Crippen LogP contribution in [0.2, 0.25) is 0 Å². The Hall–Kier alpha value is -1.40. The second-order valence-electron chi connectivity index (χ2n) is 22.1. The zero-order chi connectivity index (χ0) is 50.7. The standard InChI is InChI=1S/C64H125NO5/c1-3-5-7-9-11-13-15-17-34-38-42-46-50-54-58-64(69)70-59-55-51-47-43-39-35-31-29-27-25-23-21-19-18-20-22-24-26-28-30-33-37-41-45-49-53-57-63(68)65-61(60-66)62(67)56-52-48-44-40-36-32-16-14-12-10-8-6-4-2/h18,20,61-62,66-67H,3-17,19,21-60H2,1-2H3,(H,65,68)/b20-18-. The van der Waals surface area contributed by atoms with Crippen LogP contribution >= 0.6 is 0 Å². The number of unbranched alkanes of at least 4 members (excludes halogenated alkanes) is 47. The van der Waals surface area contributed by atoms with E-state index in [-0.39, 0.29) is 18.5 Å². The summed E-state index contributed by atoms with van der Waals surface area (Å²) in [4.78, 5) is 24.5. The fourth-order valence-corrected chi connectivity index (χ4v) is 10.2. The van der Waals surface area contributed by atoms with Crippen molar-refractivity contribution in [3.05, 3.63) is 12.2 Å². The first-order valence-corrected chi connectivity index (χ1v) is 31.9. The van der Waals surface area contributed by atoms with E-state index in [1.165, 1.54) is 289 Å². The van der Waals surface area contributed by atoms with E-state index in [9.17, 15) is 19.8 Å². The summed E-state index contributed by atoms with van der Waals surface area (Å²) in [7, 11) is 0. The summed E-state index contributed by atoms with van der Waals surface area (Å²) in [6, 6.07) is -0.541. The van der Waals surface area contributed by atoms with Crippen LogP contribution in [0.25, 0.3) is 0 Å². The Kier molecular flexibility index (Phi) is 59.0. The first-order valence-electron chi connectivity index (χ1n) is 31.9. The van der Waals surface area contributed by atoms with E-state index in [0.717, 1.165) is 38.5 Å². The normalized spacial score (nSPS) is 12.6. The van der Waals surface area contributed by atoms with Crippen molar-refractivity contribution in [1.29, 1.82) is 0 Å². The number of allylic oxidation sites excluding steroid dienone is 2. The van der Waals surface area contributed by atoms with Crippen LogP contribution in [0.3, 0.4) is 0 Å². The number of carbonyl (C=O) groups is 2. The molecule has 0 aliphatic heterocycles. The Morgan fingerprint density at radius 3 is 1.01 bits per heavy atom. The third-order valence-electron chi connectivity index (χ3n) is 15.1. The number of aliphatic hydroxyl groups is 2. The van der Waals surface area contributed by atoms with Crippen LogP contribution in [0, 0.1) is 0 Å². The number of amides is 1. The number of hydrogen-bond acceptors (Lipinski definition) is 5. The van der Waals surface area contributed by atoms with Crippen molar-refractivity contribution >= 4 is 11.9 Å². The summed E-state index contributed by atoms with van der Waals surface area (Å²) >= 11 is 0. The minimum Gasteiger partial charge on any atom is -0.466 e. The van der Waals surface area contributed by atoms with E-state index in [2.05, 4.69) is 31.3 Å². The van der Waals surface area contributed by atoms with E-state index >= 15 is 0 Å². The average molecular weight is 989 g/mol. The molecule has 70 heavy (non-hydrogen) atoms. The lowest BCUT2D eigenvalue weighted by Gasteiger charge is -2.22. The number of rotatable bonds is 60. The van der Waals surface area contributed by atoms with Crippen LogP contribution < -0.4 is 5.32 Å². The number of aliphatic hydroxyl groups excluding tert-OH is 2. The third-order valence-corrected chi connectivity index (χ3v) is 15.1. The van der Waals surface area contributed by atoms with Gasteiger partial charge in [-0.25, -0.2) is 0 Å². The molecule has 0 aliphatic carbocycles. The lowest BCUT2D eigenvalue weighted by atomic mass is 10.0. The van der Waals surface area contributed by atoms with E-state index in [4.69, 9.17) is 4.74 Å². The van der Waals surface area contributed by atoms with Gasteiger partial charge in [0.1, 0.15) is 0 Å². The number of esters is 1. The molecule has 0 aromatic heterocycles. The van der Waals surface area contributed by atoms with Gasteiger partial charge in [0.15, 0.2) is 0 Å². The average Bonchev–Trinajstić information content (AvgIpc) is 3.36. The molecule has 0 fully saturated rings. The van der Waals surface area contributed by atoms with Crippen molar-refractivity contribution in [1.82, 2.24) is 5.32 Å². The minimum atomic E-state index is -0.664. The summed E-state index contributed by atoms with van der Waals surface area (Å²) in [6.07, 6.45) is 72.3. The Bertz CT molecular complexity index is 1050. The number of carbonyl (C=O) groups excluding carboxylic acids is 2. The molecule has 0 heterocycles. The molecule has 0 aromatic rings. The zero-order valence-electron chi connectivity index (χ0n) is 47.5. The highest BCUT2D eigenvalue weighted by atomic mass is 16.5. The van der Waals surface area contributed by atoms with Gasteiger partial charge in [-0.05, 0) is 51.4 Å². The van der Waals surface area contributed by atoms with Crippen LogP contribution in [-0.4, -0.2) is 47.4 Å². The van der Waals surface area contributed by atoms with Gasteiger partial charge >= 0.3 is 5.97 Å². The van der Waals surface area contributed by atoms with Crippen LogP contribution in [0.1, 0.15) is 361 Å². The highest BCUT2D eigenvalue weighted by Gasteiger charge is 2.20. The van der Waals surface area contributed by atoms with Crippen molar-refractivity contribution in [2.45, 2.75) is 373 Å². The van der Waals surface area contributed by atoms with Gasteiger partial charge in [-0.3, -0.25) is 9.59 Å². The summed E-state index contributed by atoms with van der Waals surface area (Å²) in [5.41, 5.74) is 0. The highest BCUT2D eigenvalue weighted by molar-refractivity contribution is 5.76. The molecule has 6 nitrogen and oxygen atoms in total. The summed E-state index contributed by atoms with van der Waals surface area (Å²) in [5.74, 6) is -0.0178. The SMILES string of the molecule is CCCCCCCCCCCCCCCCC(=O)OCCCCCCCCCCCCCC/C=C\CCCCCCCCCCCCC(=O)NC(CO)C(O)CCCCCCCCCCCCCCC. The summed E-state index contributed by atoms with van der Waals surface area (Å²) < 4.78 is 5.49. The largest absolute Gasteiger partial charge is 0.466 e. The summed E-state index contributed by atoms with van der Waals surface area (Å²) in [6.45, 7) is 4.98. The van der Waals surface area contributed by atoms with Gasteiger partial charge in [-0.1, -0.05) is 309 Å². The van der Waals surface area contributed by atoms with Crippen LogP contribution in [0.5, 0.6) is 0 Å². The smallest absolute Gasteiger partial charge is 0.305 e. The van der Waals surface area contributed by atoms with E-state index in [1.807, 2.05) is 0 Å². The predicted octanol–water partition coefficient (Wildman–Crippen LogP) is 20.0. The van der Waals surface area contributed by atoms with Crippen LogP contribution in [-0.2, 0) is 14.3 Å². The topological polar surface area (TPSA) is 95.9 Å². The Morgan fingerprint density at radius 2 is 0.671 bits per heavy atom. The molecule has 416 valence electrons. The first-order chi connectivity index (χ1) is 34.5. The summed E-state index contributed by atoms with van der Waals surface area (Å²) in [5, 5.41) is 23.3.